The summed E-state index contributed by atoms with van der Waals surface area (Å²) in [5.41, 5.74) is 0.959. The molecule has 160 valence electrons. The average Bonchev–Trinajstić information content (AvgIpc) is 2.79. The fourth-order valence-corrected chi connectivity index (χ4v) is 4.74. The number of amides is 1. The van der Waals surface area contributed by atoms with Crippen molar-refractivity contribution >= 4 is 27.6 Å². The van der Waals surface area contributed by atoms with Crippen molar-refractivity contribution in [3.8, 4) is 0 Å². The molecule has 2 aromatic rings. The van der Waals surface area contributed by atoms with Gasteiger partial charge in [-0.15, -0.1) is 0 Å². The molecule has 1 fully saturated rings. The first kappa shape index (κ1) is 21.8. The lowest BCUT2D eigenvalue weighted by Gasteiger charge is -2.35. The highest BCUT2D eigenvalue weighted by Crippen LogP contribution is 2.19. The highest BCUT2D eigenvalue weighted by Gasteiger charge is 2.32. The van der Waals surface area contributed by atoms with E-state index in [1.165, 1.54) is 16.1 Å². The van der Waals surface area contributed by atoms with Gasteiger partial charge in [-0.3, -0.25) is 4.79 Å². The molecule has 1 atom stereocenters. The first-order valence-electron chi connectivity index (χ1n) is 9.66. The maximum atomic E-state index is 12.7. The van der Waals surface area contributed by atoms with Crippen molar-refractivity contribution in [3.63, 3.8) is 0 Å². The van der Waals surface area contributed by atoms with E-state index in [-0.39, 0.29) is 37.0 Å². The van der Waals surface area contributed by atoms with Crippen molar-refractivity contribution in [3.05, 3.63) is 60.2 Å². The van der Waals surface area contributed by atoms with Crippen molar-refractivity contribution in [1.82, 2.24) is 9.21 Å². The van der Waals surface area contributed by atoms with Crippen LogP contribution in [-0.2, 0) is 19.6 Å². The first-order chi connectivity index (χ1) is 14.3. The molecule has 0 aromatic heterocycles. The number of benzene rings is 2. The van der Waals surface area contributed by atoms with Crippen LogP contribution in [0, 0.1) is 0 Å². The highest BCUT2D eigenvalue weighted by atomic mass is 32.2. The van der Waals surface area contributed by atoms with Crippen molar-refractivity contribution in [1.29, 1.82) is 0 Å². The van der Waals surface area contributed by atoms with E-state index >= 15 is 0 Å². The van der Waals surface area contributed by atoms with E-state index in [9.17, 15) is 18.0 Å². The van der Waals surface area contributed by atoms with Gasteiger partial charge in [0.05, 0.1) is 10.5 Å². The van der Waals surface area contributed by atoms with Gasteiger partial charge in [0.15, 0.2) is 6.10 Å². The molecule has 0 aliphatic carbocycles. The van der Waals surface area contributed by atoms with E-state index in [4.69, 9.17) is 4.74 Å². The van der Waals surface area contributed by atoms with Crippen molar-refractivity contribution in [2.75, 3.05) is 38.5 Å². The number of ether oxygens (including phenoxy) is 1. The first-order valence-corrected chi connectivity index (χ1v) is 11.1. The zero-order valence-corrected chi connectivity index (χ0v) is 17.8. The van der Waals surface area contributed by atoms with Crippen LogP contribution in [0.5, 0.6) is 0 Å². The van der Waals surface area contributed by atoms with Gasteiger partial charge < -0.3 is 15.0 Å². The van der Waals surface area contributed by atoms with Gasteiger partial charge in [0, 0.05) is 38.9 Å². The third-order valence-corrected chi connectivity index (χ3v) is 6.89. The van der Waals surface area contributed by atoms with Gasteiger partial charge >= 0.3 is 5.97 Å². The average molecular weight is 432 g/mol. The Kier molecular flexibility index (Phi) is 6.73. The monoisotopic (exact) mass is 431 g/mol. The predicted octanol–water partition coefficient (Wildman–Crippen LogP) is 1.81. The number of para-hydroxylation sites is 1. The number of rotatable bonds is 6. The van der Waals surface area contributed by atoms with Crippen LogP contribution in [0.25, 0.3) is 0 Å². The van der Waals surface area contributed by atoms with Crippen LogP contribution in [0.3, 0.4) is 0 Å². The smallest absolute Gasteiger partial charge is 0.341 e. The summed E-state index contributed by atoms with van der Waals surface area (Å²) in [5, 5.41) is 2.92. The maximum absolute atomic E-state index is 12.7. The summed E-state index contributed by atoms with van der Waals surface area (Å²) >= 11 is 0. The van der Waals surface area contributed by atoms with Gasteiger partial charge in [0.2, 0.25) is 10.0 Å². The number of esters is 1. The molecule has 0 saturated carbocycles. The number of nitrogens with one attached hydrogen (secondary N) is 1. The summed E-state index contributed by atoms with van der Waals surface area (Å²) in [6.07, 6.45) is -0.973. The normalized spacial score (nSPS) is 16.0. The Morgan fingerprint density at radius 3 is 2.20 bits per heavy atom. The third kappa shape index (κ3) is 4.63. The topological polar surface area (TPSA) is 96.0 Å². The number of hydrogen-bond acceptors (Lipinski definition) is 6. The molecule has 2 aromatic carbocycles. The van der Waals surface area contributed by atoms with E-state index < -0.39 is 22.1 Å². The van der Waals surface area contributed by atoms with Crippen LogP contribution in [-0.4, -0.2) is 68.8 Å². The van der Waals surface area contributed by atoms with E-state index in [2.05, 4.69) is 5.32 Å². The molecule has 1 heterocycles. The summed E-state index contributed by atoms with van der Waals surface area (Å²) in [4.78, 5) is 26.9. The number of piperazine rings is 1. The molecule has 30 heavy (non-hydrogen) atoms. The zero-order chi connectivity index (χ0) is 21.7. The molecule has 1 N–H and O–H groups in total. The van der Waals surface area contributed by atoms with Gasteiger partial charge in [-0.05, 0) is 31.2 Å². The quantitative estimate of drug-likeness (QED) is 0.701. The van der Waals surface area contributed by atoms with Crippen LogP contribution in [0.15, 0.2) is 59.5 Å². The molecule has 8 nitrogen and oxygen atoms in total. The second kappa shape index (κ2) is 9.27. The maximum Gasteiger partial charge on any atom is 0.341 e. The Bertz CT molecular complexity index is 1000. The molecule has 1 saturated heterocycles. The molecule has 1 aliphatic rings. The molecule has 0 radical (unpaired) electrons. The number of nitrogens with zero attached hydrogens (tertiary/aromatic N) is 2. The number of hydrogen-bond donors (Lipinski definition) is 1. The number of carbonyl (C=O) groups excluding carboxylic acids is 2. The van der Waals surface area contributed by atoms with E-state index in [0.29, 0.717) is 11.3 Å². The Morgan fingerprint density at radius 1 is 0.967 bits per heavy atom. The number of anilines is 1. The van der Waals surface area contributed by atoms with Crippen LogP contribution in [0.2, 0.25) is 0 Å². The zero-order valence-electron chi connectivity index (χ0n) is 16.9. The SMILES string of the molecule is CNc1ccccc1C(=O)OC(C)C(=O)N1CCN(S(=O)(=O)c2ccccc2)CC1. The van der Waals surface area contributed by atoms with Gasteiger partial charge in [0.25, 0.3) is 5.91 Å². The number of sulfonamides is 1. The molecule has 1 unspecified atom stereocenters. The molecule has 0 bridgehead atoms. The third-order valence-electron chi connectivity index (χ3n) is 4.98. The molecule has 1 aliphatic heterocycles. The van der Waals surface area contributed by atoms with Crippen LogP contribution in [0.4, 0.5) is 5.69 Å². The molecule has 1 amide bonds. The summed E-state index contributed by atoms with van der Waals surface area (Å²) in [7, 11) is -1.89. The molecular formula is C21H25N3O5S. The summed E-state index contributed by atoms with van der Waals surface area (Å²) in [6, 6.07) is 15.1. The van der Waals surface area contributed by atoms with Crippen molar-refractivity contribution in [2.24, 2.45) is 0 Å². The second-order valence-electron chi connectivity index (χ2n) is 6.89. The minimum Gasteiger partial charge on any atom is -0.449 e. The minimum atomic E-state index is -3.59. The van der Waals surface area contributed by atoms with Crippen molar-refractivity contribution < 1.29 is 22.7 Å². The Morgan fingerprint density at radius 2 is 1.57 bits per heavy atom. The minimum absolute atomic E-state index is 0.187. The summed E-state index contributed by atoms with van der Waals surface area (Å²) in [5.74, 6) is -0.937. The largest absolute Gasteiger partial charge is 0.449 e. The van der Waals surface area contributed by atoms with E-state index in [1.54, 1.807) is 61.6 Å². The van der Waals surface area contributed by atoms with Crippen LogP contribution >= 0.6 is 0 Å². The molecular weight excluding hydrogens is 406 g/mol. The second-order valence-corrected chi connectivity index (χ2v) is 8.82. The summed E-state index contributed by atoms with van der Waals surface area (Å²) in [6.45, 7) is 2.37. The van der Waals surface area contributed by atoms with Crippen molar-refractivity contribution in [2.45, 2.75) is 17.9 Å². The summed E-state index contributed by atoms with van der Waals surface area (Å²) < 4.78 is 32.1. The molecule has 0 spiro atoms. The van der Waals surface area contributed by atoms with Crippen LogP contribution in [0.1, 0.15) is 17.3 Å². The Hall–Kier alpha value is -2.91. The van der Waals surface area contributed by atoms with Gasteiger partial charge in [-0.2, -0.15) is 4.31 Å². The predicted molar refractivity (Wildman–Crippen MR) is 113 cm³/mol. The van der Waals surface area contributed by atoms with Gasteiger partial charge in [-0.25, -0.2) is 13.2 Å². The lowest BCUT2D eigenvalue weighted by atomic mass is 10.2. The lowest BCUT2D eigenvalue weighted by Crippen LogP contribution is -2.52. The number of carbonyl (C=O) groups is 2. The fourth-order valence-electron chi connectivity index (χ4n) is 3.30. The highest BCUT2D eigenvalue weighted by molar-refractivity contribution is 7.89. The van der Waals surface area contributed by atoms with Crippen LogP contribution < -0.4 is 5.32 Å². The van der Waals surface area contributed by atoms with E-state index in [0.717, 1.165) is 0 Å². The molecule has 3 rings (SSSR count). The Balaban J connectivity index is 1.59. The molecule has 9 heteroatoms. The van der Waals surface area contributed by atoms with Gasteiger partial charge in [-0.1, -0.05) is 30.3 Å². The standard InChI is InChI=1S/C21H25N3O5S/c1-16(29-21(26)18-10-6-7-11-19(18)22-2)20(25)23-12-14-24(15-13-23)30(27,28)17-8-4-3-5-9-17/h3-11,16,22H,12-15H2,1-2H3. The lowest BCUT2D eigenvalue weighted by molar-refractivity contribution is -0.141. The fraction of sp³-hybridized carbons (Fsp3) is 0.333. The van der Waals surface area contributed by atoms with Gasteiger partial charge in [0.1, 0.15) is 0 Å². The van der Waals surface area contributed by atoms with E-state index in [1.807, 2.05) is 0 Å². The Labute approximate surface area is 176 Å².